The van der Waals surface area contributed by atoms with Gasteiger partial charge in [0.1, 0.15) is 5.82 Å². The molecule has 0 saturated heterocycles. The number of nitrogens with one attached hydrogen (secondary N) is 1. The SMILES string of the molecule is CCn1ccnc1CSc1ccc(CNC(C)C)cc1. The van der Waals surface area contributed by atoms with Crippen LogP contribution in [0.5, 0.6) is 0 Å². The van der Waals surface area contributed by atoms with Crippen LogP contribution in [0.25, 0.3) is 0 Å². The molecule has 0 spiro atoms. The van der Waals surface area contributed by atoms with Crippen LogP contribution in [-0.2, 0) is 18.8 Å². The van der Waals surface area contributed by atoms with Crippen LogP contribution in [0.3, 0.4) is 0 Å². The van der Waals surface area contributed by atoms with E-state index in [1.54, 1.807) is 0 Å². The molecule has 1 aromatic heterocycles. The van der Waals surface area contributed by atoms with E-state index in [1.165, 1.54) is 10.5 Å². The smallest absolute Gasteiger partial charge is 0.119 e. The number of nitrogens with zero attached hydrogens (tertiary/aromatic N) is 2. The summed E-state index contributed by atoms with van der Waals surface area (Å²) in [5.74, 6) is 2.06. The van der Waals surface area contributed by atoms with Gasteiger partial charge in [-0.15, -0.1) is 11.8 Å². The van der Waals surface area contributed by atoms with Gasteiger partial charge in [-0.3, -0.25) is 0 Å². The Kier molecular flexibility index (Phi) is 5.68. The molecule has 1 aromatic carbocycles. The normalized spacial score (nSPS) is 11.2. The quantitative estimate of drug-likeness (QED) is 0.788. The summed E-state index contributed by atoms with van der Waals surface area (Å²) in [5.41, 5.74) is 1.33. The lowest BCUT2D eigenvalue weighted by atomic mass is 10.2. The van der Waals surface area contributed by atoms with Crippen molar-refractivity contribution in [2.75, 3.05) is 0 Å². The molecule has 2 aromatic rings. The van der Waals surface area contributed by atoms with Crippen LogP contribution in [0.15, 0.2) is 41.6 Å². The van der Waals surface area contributed by atoms with Crippen molar-refractivity contribution in [3.8, 4) is 0 Å². The molecule has 4 heteroatoms. The van der Waals surface area contributed by atoms with Gasteiger partial charge >= 0.3 is 0 Å². The average Bonchev–Trinajstić information content (AvgIpc) is 2.91. The standard InChI is InChI=1S/C16H23N3S/c1-4-19-10-9-17-16(19)12-20-15-7-5-14(6-8-15)11-18-13(2)3/h5-10,13,18H,4,11-12H2,1-3H3. The summed E-state index contributed by atoms with van der Waals surface area (Å²) < 4.78 is 2.19. The zero-order valence-corrected chi connectivity index (χ0v) is 13.3. The van der Waals surface area contributed by atoms with E-state index in [2.05, 4.69) is 59.9 Å². The lowest BCUT2D eigenvalue weighted by Crippen LogP contribution is -2.21. The molecule has 0 aliphatic heterocycles. The van der Waals surface area contributed by atoms with E-state index in [0.29, 0.717) is 6.04 Å². The first-order chi connectivity index (χ1) is 9.69. The third-order valence-corrected chi connectivity index (χ3v) is 4.16. The summed E-state index contributed by atoms with van der Waals surface area (Å²) in [6, 6.07) is 9.31. The Bertz CT molecular complexity index is 517. The minimum atomic E-state index is 0.525. The lowest BCUT2D eigenvalue weighted by Gasteiger charge is -2.09. The first-order valence-corrected chi connectivity index (χ1v) is 8.12. The van der Waals surface area contributed by atoms with Gasteiger partial charge in [-0.2, -0.15) is 0 Å². The Hall–Kier alpha value is -1.26. The number of imidazole rings is 1. The number of hydrogen-bond donors (Lipinski definition) is 1. The first-order valence-electron chi connectivity index (χ1n) is 7.14. The van der Waals surface area contributed by atoms with Crippen LogP contribution >= 0.6 is 11.8 Å². The van der Waals surface area contributed by atoms with Crippen LogP contribution in [0.2, 0.25) is 0 Å². The summed E-state index contributed by atoms with van der Waals surface area (Å²) in [4.78, 5) is 5.70. The molecule has 1 heterocycles. The molecule has 0 aliphatic rings. The van der Waals surface area contributed by atoms with E-state index in [-0.39, 0.29) is 0 Å². The fourth-order valence-corrected chi connectivity index (χ4v) is 2.81. The summed E-state index contributed by atoms with van der Waals surface area (Å²) in [6.45, 7) is 8.39. The Morgan fingerprint density at radius 2 is 2.00 bits per heavy atom. The van der Waals surface area contributed by atoms with Gasteiger partial charge in [0.05, 0.1) is 5.75 Å². The monoisotopic (exact) mass is 289 g/mol. The molecule has 0 bridgehead atoms. The number of aromatic nitrogens is 2. The Morgan fingerprint density at radius 1 is 1.25 bits per heavy atom. The minimum absolute atomic E-state index is 0.525. The maximum absolute atomic E-state index is 4.40. The van der Waals surface area contributed by atoms with Crippen LogP contribution in [0, 0.1) is 0 Å². The lowest BCUT2D eigenvalue weighted by molar-refractivity contribution is 0.588. The minimum Gasteiger partial charge on any atom is -0.335 e. The molecule has 108 valence electrons. The molecule has 0 amide bonds. The van der Waals surface area contributed by atoms with Gasteiger partial charge in [-0.25, -0.2) is 4.98 Å². The Morgan fingerprint density at radius 3 is 2.65 bits per heavy atom. The van der Waals surface area contributed by atoms with Gasteiger partial charge in [0.25, 0.3) is 0 Å². The van der Waals surface area contributed by atoms with Gasteiger partial charge in [-0.05, 0) is 24.6 Å². The zero-order chi connectivity index (χ0) is 14.4. The molecule has 0 radical (unpaired) electrons. The van der Waals surface area contributed by atoms with E-state index in [9.17, 15) is 0 Å². The van der Waals surface area contributed by atoms with Crippen molar-refractivity contribution in [3.05, 3.63) is 48.0 Å². The van der Waals surface area contributed by atoms with E-state index in [1.807, 2.05) is 24.2 Å². The molecule has 0 aliphatic carbocycles. The molecule has 0 saturated carbocycles. The third-order valence-electron chi connectivity index (χ3n) is 3.15. The van der Waals surface area contributed by atoms with E-state index in [0.717, 1.165) is 24.7 Å². The number of rotatable bonds is 7. The van der Waals surface area contributed by atoms with E-state index >= 15 is 0 Å². The maximum Gasteiger partial charge on any atom is 0.119 e. The van der Waals surface area contributed by atoms with E-state index in [4.69, 9.17) is 0 Å². The van der Waals surface area contributed by atoms with Crippen molar-refractivity contribution < 1.29 is 0 Å². The highest BCUT2D eigenvalue weighted by Crippen LogP contribution is 2.22. The summed E-state index contributed by atoms with van der Waals surface area (Å²) >= 11 is 1.84. The fourth-order valence-electron chi connectivity index (χ4n) is 1.94. The van der Waals surface area contributed by atoms with Crippen LogP contribution in [0.4, 0.5) is 0 Å². The predicted octanol–water partition coefficient (Wildman–Crippen LogP) is 3.69. The van der Waals surface area contributed by atoms with Crippen molar-refractivity contribution >= 4 is 11.8 Å². The van der Waals surface area contributed by atoms with Gasteiger partial charge in [0.15, 0.2) is 0 Å². The highest BCUT2D eigenvalue weighted by molar-refractivity contribution is 7.98. The van der Waals surface area contributed by atoms with Crippen molar-refractivity contribution in [2.45, 2.75) is 50.6 Å². The van der Waals surface area contributed by atoms with Crippen LogP contribution < -0.4 is 5.32 Å². The predicted molar refractivity (Wildman–Crippen MR) is 85.9 cm³/mol. The molecule has 3 nitrogen and oxygen atoms in total. The molecule has 2 rings (SSSR count). The Labute approximate surface area is 125 Å². The second-order valence-electron chi connectivity index (χ2n) is 5.10. The molecule has 1 N–H and O–H groups in total. The number of aryl methyl sites for hydroxylation is 1. The topological polar surface area (TPSA) is 29.9 Å². The molecule has 20 heavy (non-hydrogen) atoms. The van der Waals surface area contributed by atoms with Crippen molar-refractivity contribution in [2.24, 2.45) is 0 Å². The average molecular weight is 289 g/mol. The highest BCUT2D eigenvalue weighted by atomic mass is 32.2. The number of thioether (sulfide) groups is 1. The molecule has 0 fully saturated rings. The molecule has 0 atom stereocenters. The van der Waals surface area contributed by atoms with Gasteiger partial charge < -0.3 is 9.88 Å². The number of hydrogen-bond acceptors (Lipinski definition) is 3. The largest absolute Gasteiger partial charge is 0.335 e. The molecular formula is C16H23N3S. The molecule has 0 unspecified atom stereocenters. The Balaban J connectivity index is 1.87. The van der Waals surface area contributed by atoms with Crippen molar-refractivity contribution in [1.82, 2.24) is 14.9 Å². The third kappa shape index (κ3) is 4.39. The van der Waals surface area contributed by atoms with Gasteiger partial charge in [-0.1, -0.05) is 26.0 Å². The fraction of sp³-hybridized carbons (Fsp3) is 0.438. The van der Waals surface area contributed by atoms with E-state index < -0.39 is 0 Å². The van der Waals surface area contributed by atoms with Crippen LogP contribution in [0.1, 0.15) is 32.2 Å². The maximum atomic E-state index is 4.40. The molecular weight excluding hydrogens is 266 g/mol. The van der Waals surface area contributed by atoms with Crippen molar-refractivity contribution in [3.63, 3.8) is 0 Å². The highest BCUT2D eigenvalue weighted by Gasteiger charge is 2.03. The van der Waals surface area contributed by atoms with Crippen molar-refractivity contribution in [1.29, 1.82) is 0 Å². The summed E-state index contributed by atoms with van der Waals surface area (Å²) in [7, 11) is 0. The summed E-state index contributed by atoms with van der Waals surface area (Å²) in [5, 5.41) is 3.43. The van der Waals surface area contributed by atoms with Crippen LogP contribution in [-0.4, -0.2) is 15.6 Å². The van der Waals surface area contributed by atoms with Gasteiger partial charge in [0.2, 0.25) is 0 Å². The second-order valence-corrected chi connectivity index (χ2v) is 6.15. The first kappa shape index (κ1) is 15.1. The van der Waals surface area contributed by atoms with Gasteiger partial charge in [0, 0.05) is 36.4 Å². The summed E-state index contributed by atoms with van der Waals surface area (Å²) in [6.07, 6.45) is 3.91. The second kappa shape index (κ2) is 7.50. The number of benzene rings is 1. The zero-order valence-electron chi connectivity index (χ0n) is 12.5.